The molecule has 1 unspecified atom stereocenters. The molecule has 0 spiro atoms. The van der Waals surface area contributed by atoms with E-state index in [9.17, 15) is 0 Å². The van der Waals surface area contributed by atoms with Gasteiger partial charge in [-0.1, -0.05) is 195 Å². The molecule has 2 aromatic heterocycles. The van der Waals surface area contributed by atoms with Crippen molar-refractivity contribution in [3.8, 4) is 0 Å². The maximum atomic E-state index is 4.24. The molecule has 0 aliphatic carbocycles. The number of unbranched alkanes of at least 4 members (excludes halogenated alkanes) is 25. The van der Waals surface area contributed by atoms with Crippen LogP contribution in [0.15, 0.2) is 24.9 Å². The van der Waals surface area contributed by atoms with Crippen LogP contribution in [0.1, 0.15) is 265 Å². The molecule has 0 fully saturated rings. The number of nitrogens with zero attached hydrogens (tertiary/aromatic N) is 1. The molecule has 2 aliphatic rings. The Balaban J connectivity index is 1.68. The minimum atomic E-state index is 0.420. The second-order valence-corrected chi connectivity index (χ2v) is 24.4. The van der Waals surface area contributed by atoms with Crippen molar-refractivity contribution in [2.45, 2.75) is 258 Å². The summed E-state index contributed by atoms with van der Waals surface area (Å²) in [7, 11) is 0. The van der Waals surface area contributed by atoms with Crippen molar-refractivity contribution >= 4 is 71.2 Å². The van der Waals surface area contributed by atoms with Gasteiger partial charge in [0.05, 0.1) is 12.8 Å². The van der Waals surface area contributed by atoms with Crippen LogP contribution < -0.4 is 0 Å². The van der Waals surface area contributed by atoms with Gasteiger partial charge in [0.2, 0.25) is 0 Å². The van der Waals surface area contributed by atoms with Gasteiger partial charge in [-0.3, -0.25) is 0 Å². The molecule has 4 rings (SSSR count). The Bertz CT molecular complexity index is 1520. The first-order valence-corrected chi connectivity index (χ1v) is 30.0. The molecular formula is C54H89Br2NS3. The van der Waals surface area contributed by atoms with Crippen molar-refractivity contribution in [1.82, 2.24) is 4.90 Å². The van der Waals surface area contributed by atoms with Gasteiger partial charge in [0, 0.05) is 33.9 Å². The van der Waals surface area contributed by atoms with E-state index in [-0.39, 0.29) is 0 Å². The molecular weight excluding hydrogens is 919 g/mol. The molecule has 0 radical (unpaired) electrons. The first kappa shape index (κ1) is 52.6. The van der Waals surface area contributed by atoms with Gasteiger partial charge >= 0.3 is 0 Å². The highest BCUT2D eigenvalue weighted by Crippen LogP contribution is 2.61. The maximum absolute atomic E-state index is 4.24. The van der Waals surface area contributed by atoms with Crippen LogP contribution in [0.2, 0.25) is 0 Å². The monoisotopic (exact) mass is 1010 g/mol. The number of thiophene rings is 2. The summed E-state index contributed by atoms with van der Waals surface area (Å²) in [5.74, 6) is 0. The molecule has 0 saturated carbocycles. The van der Waals surface area contributed by atoms with Gasteiger partial charge in [0.1, 0.15) is 0 Å². The van der Waals surface area contributed by atoms with E-state index in [1.165, 1.54) is 232 Å². The number of thioether (sulfide) groups is 1. The summed E-state index contributed by atoms with van der Waals surface area (Å²) in [5.41, 5.74) is 10.1. The van der Waals surface area contributed by atoms with Crippen molar-refractivity contribution in [3.05, 3.63) is 56.9 Å². The number of halogens is 2. The lowest BCUT2D eigenvalue weighted by Crippen LogP contribution is -2.16. The Morgan fingerprint density at radius 1 is 0.467 bits per heavy atom. The van der Waals surface area contributed by atoms with E-state index in [2.05, 4.69) is 112 Å². The molecule has 342 valence electrons. The second-order valence-electron chi connectivity index (χ2n) is 18.6. The average Bonchev–Trinajstić information content (AvgIpc) is 3.99. The lowest BCUT2D eigenvalue weighted by atomic mass is 9.94. The summed E-state index contributed by atoms with van der Waals surface area (Å²) in [6, 6.07) is 0. The van der Waals surface area contributed by atoms with Crippen LogP contribution >= 0.6 is 66.3 Å². The zero-order chi connectivity index (χ0) is 42.8. The molecule has 1 nitrogen and oxygen atoms in total. The van der Waals surface area contributed by atoms with Gasteiger partial charge in [-0.05, 0) is 123 Å². The van der Waals surface area contributed by atoms with Crippen molar-refractivity contribution in [3.63, 3.8) is 0 Å². The lowest BCUT2D eigenvalue weighted by molar-refractivity contribution is 0.404. The van der Waals surface area contributed by atoms with Gasteiger partial charge in [-0.25, -0.2) is 0 Å². The third kappa shape index (κ3) is 17.4. The van der Waals surface area contributed by atoms with E-state index in [0.29, 0.717) is 5.25 Å². The van der Waals surface area contributed by atoms with Crippen molar-refractivity contribution in [1.29, 1.82) is 0 Å². The first-order chi connectivity index (χ1) is 29.5. The Hall–Kier alpha value is -0.0100. The molecule has 0 bridgehead atoms. The Kier molecular flexibility index (Phi) is 27.9. The van der Waals surface area contributed by atoms with E-state index in [0.717, 1.165) is 6.54 Å². The van der Waals surface area contributed by atoms with Gasteiger partial charge in [0.15, 0.2) is 0 Å². The largest absolute Gasteiger partial charge is 0.373 e. The summed E-state index contributed by atoms with van der Waals surface area (Å²) in [6.07, 6.45) is 48.7. The molecule has 0 N–H and O–H groups in total. The summed E-state index contributed by atoms with van der Waals surface area (Å²) in [4.78, 5) is 7.69. The summed E-state index contributed by atoms with van der Waals surface area (Å²) in [5, 5.41) is 0.420. The van der Waals surface area contributed by atoms with E-state index < -0.39 is 0 Å². The zero-order valence-electron chi connectivity index (χ0n) is 39.5. The normalized spacial score (nSPS) is 15.3. The Labute approximate surface area is 401 Å². The fourth-order valence-electron chi connectivity index (χ4n) is 9.64. The van der Waals surface area contributed by atoms with Crippen LogP contribution in [0.3, 0.4) is 0 Å². The van der Waals surface area contributed by atoms with Gasteiger partial charge in [-0.15, -0.1) is 34.4 Å². The lowest BCUT2D eigenvalue weighted by Gasteiger charge is -2.18. The third-order valence-corrected chi connectivity index (χ3v) is 19.2. The molecule has 1 atom stereocenters. The SMILES string of the molecule is CCCCCCCCc1c(Br)sc(C2=C3CN(CCCCCCCC)C=C3C(c3sc(Br)c(CCCCCCCC)c3CCCCCCCC)S2)c1CCCCCCCC. The summed E-state index contributed by atoms with van der Waals surface area (Å²) < 4.78 is 2.87. The minimum absolute atomic E-state index is 0.420. The highest BCUT2D eigenvalue weighted by Gasteiger charge is 2.40. The quantitative estimate of drug-likeness (QED) is 0.0621. The molecule has 4 heterocycles. The van der Waals surface area contributed by atoms with E-state index in [1.54, 1.807) is 48.1 Å². The molecule has 0 amide bonds. The predicted octanol–water partition coefficient (Wildman–Crippen LogP) is 20.7. The number of hydrogen-bond acceptors (Lipinski definition) is 4. The minimum Gasteiger partial charge on any atom is -0.373 e. The standard InChI is InChI=1S/C54H89Br2NS3/c1-6-11-16-21-26-31-36-43-45(38-33-28-23-18-13-8-3)53(55)59-49(43)51-47-41-57(40-35-30-25-20-15-10-5)42-48(47)52(58-51)50-44(37-32-27-22-17-12-7-2)46(54(56)60-50)39-34-29-24-19-14-9-4/h41,51H,6-40,42H2,1-5H3. The van der Waals surface area contributed by atoms with E-state index in [1.807, 2.05) is 0 Å². The second kappa shape index (κ2) is 31.8. The van der Waals surface area contributed by atoms with Crippen LogP contribution in [0.5, 0.6) is 0 Å². The predicted molar refractivity (Wildman–Crippen MR) is 283 cm³/mol. The fourth-order valence-corrected chi connectivity index (χ4v) is 15.7. The average molecular weight is 1010 g/mol. The zero-order valence-corrected chi connectivity index (χ0v) is 45.2. The van der Waals surface area contributed by atoms with Crippen LogP contribution in [0, 0.1) is 0 Å². The molecule has 6 heteroatoms. The number of fused-ring (bicyclic) bond motifs is 1. The molecule has 0 aromatic carbocycles. The summed E-state index contributed by atoms with van der Waals surface area (Å²) >= 11 is 14.9. The van der Waals surface area contributed by atoms with E-state index in [4.69, 9.17) is 0 Å². The number of rotatable bonds is 37. The van der Waals surface area contributed by atoms with Gasteiger partial charge in [0.25, 0.3) is 0 Å². The molecule has 60 heavy (non-hydrogen) atoms. The Morgan fingerprint density at radius 3 is 1.33 bits per heavy atom. The van der Waals surface area contributed by atoms with Crippen LogP contribution in [0.4, 0.5) is 0 Å². The smallest absolute Gasteiger partial charge is 0.0740 e. The van der Waals surface area contributed by atoms with Crippen LogP contribution in [-0.4, -0.2) is 18.0 Å². The fraction of sp³-hybridized carbons (Fsp3) is 0.778. The van der Waals surface area contributed by atoms with Gasteiger partial charge < -0.3 is 4.90 Å². The molecule has 0 saturated heterocycles. The van der Waals surface area contributed by atoms with Crippen LogP contribution in [0.25, 0.3) is 4.91 Å². The van der Waals surface area contributed by atoms with E-state index >= 15 is 0 Å². The van der Waals surface area contributed by atoms with Crippen molar-refractivity contribution in [2.75, 3.05) is 13.1 Å². The Morgan fingerprint density at radius 2 is 0.850 bits per heavy atom. The highest BCUT2D eigenvalue weighted by molar-refractivity contribution is 9.11. The van der Waals surface area contributed by atoms with Crippen LogP contribution in [-0.2, 0) is 25.7 Å². The highest BCUT2D eigenvalue weighted by atomic mass is 79.9. The third-order valence-electron chi connectivity index (χ3n) is 13.4. The number of hydrogen-bond donors (Lipinski definition) is 0. The van der Waals surface area contributed by atoms with Crippen molar-refractivity contribution < 1.29 is 0 Å². The first-order valence-electron chi connectivity index (χ1n) is 25.9. The maximum Gasteiger partial charge on any atom is 0.0740 e. The molecule has 2 aromatic rings. The summed E-state index contributed by atoms with van der Waals surface area (Å²) in [6.45, 7) is 14.0. The van der Waals surface area contributed by atoms with Crippen molar-refractivity contribution in [2.24, 2.45) is 0 Å². The topological polar surface area (TPSA) is 3.24 Å². The molecule has 2 aliphatic heterocycles. The van der Waals surface area contributed by atoms with Gasteiger partial charge in [-0.2, -0.15) is 0 Å².